The number of benzene rings is 2. The Morgan fingerprint density at radius 2 is 1.88 bits per heavy atom. The maximum Gasteiger partial charge on any atom is 0.416 e. The van der Waals surface area contributed by atoms with Gasteiger partial charge in [-0.2, -0.15) is 13.2 Å². The summed E-state index contributed by atoms with van der Waals surface area (Å²) >= 11 is 5.46. The Morgan fingerprint density at radius 1 is 1.15 bits per heavy atom. The van der Waals surface area contributed by atoms with Gasteiger partial charge in [-0.1, -0.05) is 48.6 Å². The number of carbonyl (C=O) groups excluding carboxylic acids is 2. The molecule has 1 heterocycles. The third kappa shape index (κ3) is 5.14. The van der Waals surface area contributed by atoms with Crippen molar-refractivity contribution < 1.29 is 22.8 Å². The number of allylic oxidation sites excluding steroid dienone is 1. The van der Waals surface area contributed by atoms with E-state index in [-0.39, 0.29) is 17.3 Å². The highest BCUT2D eigenvalue weighted by Gasteiger charge is 2.37. The largest absolute Gasteiger partial charge is 0.416 e. The average Bonchev–Trinajstić information content (AvgIpc) is 3.08. The molecule has 0 N–H and O–H groups in total. The third-order valence-electron chi connectivity index (χ3n) is 6.65. The minimum absolute atomic E-state index is 0.0489. The van der Waals surface area contributed by atoms with Gasteiger partial charge in [0.1, 0.15) is 0 Å². The molecule has 1 atom stereocenters. The van der Waals surface area contributed by atoms with Gasteiger partial charge in [0, 0.05) is 24.9 Å². The number of nitrogens with zero attached hydrogens (tertiary/aromatic N) is 1. The van der Waals surface area contributed by atoms with Crippen LogP contribution in [0.25, 0.3) is 0 Å². The second kappa shape index (κ2) is 9.45. The van der Waals surface area contributed by atoms with E-state index in [1.165, 1.54) is 19.1 Å². The molecule has 1 amide bonds. The molecule has 7 heteroatoms. The summed E-state index contributed by atoms with van der Waals surface area (Å²) in [6.07, 6.45) is -1.17. The monoisotopic (exact) mass is 485 g/mol. The van der Waals surface area contributed by atoms with Crippen molar-refractivity contribution in [2.24, 2.45) is 0 Å². The number of alkyl halides is 3. The first kappa shape index (κ1) is 24.3. The van der Waals surface area contributed by atoms with Crippen LogP contribution < -0.4 is 0 Å². The van der Waals surface area contributed by atoms with Crippen molar-refractivity contribution in [3.63, 3.8) is 0 Å². The van der Waals surface area contributed by atoms with E-state index in [4.69, 9.17) is 12.2 Å². The number of thiocarbonyl (C=S) groups is 1. The second-order valence-electron chi connectivity index (χ2n) is 9.23. The fraction of sp³-hybridized carbons (Fsp3) is 0.370. The molecule has 1 fully saturated rings. The molecule has 1 unspecified atom stereocenters. The van der Waals surface area contributed by atoms with Crippen LogP contribution in [0.2, 0.25) is 0 Å². The smallest absolute Gasteiger partial charge is 0.324 e. The first-order valence-electron chi connectivity index (χ1n) is 11.3. The molecule has 0 bridgehead atoms. The van der Waals surface area contributed by atoms with Gasteiger partial charge >= 0.3 is 6.18 Å². The van der Waals surface area contributed by atoms with Crippen LogP contribution >= 0.6 is 12.2 Å². The van der Waals surface area contributed by atoms with Gasteiger partial charge in [-0.15, -0.1) is 0 Å². The van der Waals surface area contributed by atoms with Crippen molar-refractivity contribution in [1.82, 2.24) is 4.90 Å². The van der Waals surface area contributed by atoms with Crippen molar-refractivity contribution in [2.45, 2.75) is 64.2 Å². The Balaban J connectivity index is 1.38. The Kier molecular flexibility index (Phi) is 6.76. The number of rotatable bonds is 6. The average molecular weight is 486 g/mol. The lowest BCUT2D eigenvalue weighted by atomic mass is 9.90. The van der Waals surface area contributed by atoms with E-state index in [9.17, 15) is 22.8 Å². The van der Waals surface area contributed by atoms with Crippen LogP contribution in [0.1, 0.15) is 63.9 Å². The molecule has 178 valence electrons. The summed E-state index contributed by atoms with van der Waals surface area (Å²) in [5, 5.41) is 0. The second-order valence-corrected chi connectivity index (χ2v) is 9.81. The van der Waals surface area contributed by atoms with Crippen molar-refractivity contribution in [2.75, 3.05) is 0 Å². The molecular weight excluding hydrogens is 459 g/mol. The Bertz CT molecular complexity index is 1180. The van der Waals surface area contributed by atoms with Crippen molar-refractivity contribution in [3.05, 3.63) is 81.9 Å². The summed E-state index contributed by atoms with van der Waals surface area (Å²) < 4.78 is 39.5. The van der Waals surface area contributed by atoms with Crippen molar-refractivity contribution in [3.8, 4) is 0 Å². The first-order valence-corrected chi connectivity index (χ1v) is 11.7. The Morgan fingerprint density at radius 3 is 2.59 bits per heavy atom. The lowest BCUT2D eigenvalue weighted by Crippen LogP contribution is -2.43. The van der Waals surface area contributed by atoms with Gasteiger partial charge in [0.05, 0.1) is 11.6 Å². The maximum atomic E-state index is 13.2. The molecule has 2 aliphatic rings. The molecule has 2 aromatic rings. The number of halogens is 3. The number of carbonyl (C=O) groups is 2. The molecular formula is C27H26F3NO2S. The van der Waals surface area contributed by atoms with E-state index in [0.717, 1.165) is 23.1 Å². The standard InChI is InChI=1S/C27H26F3NO2S/c1-16-3-10-24(25(32)11-16)31-15-20-12-18(7-9-22(20)26(31)33)6-8-21(34)13-19-5-4-17(2)23(14-19)27(28,29)30/h4-5,7,9,12,14,24H,1,3,6,8,10-11,13,15H2,2H3. The van der Waals surface area contributed by atoms with E-state index < -0.39 is 17.8 Å². The van der Waals surface area contributed by atoms with Crippen molar-refractivity contribution in [1.29, 1.82) is 0 Å². The number of Topliss-reactive ketones (excluding diaryl/α,β-unsaturated/α-hetero) is 1. The summed E-state index contributed by atoms with van der Waals surface area (Å²) in [6, 6.07) is 9.64. The molecule has 1 aliphatic carbocycles. The molecule has 1 aliphatic heterocycles. The number of hydrogen-bond donors (Lipinski definition) is 0. The van der Waals surface area contributed by atoms with Gasteiger partial charge in [-0.25, -0.2) is 0 Å². The minimum atomic E-state index is -4.38. The van der Waals surface area contributed by atoms with Crippen LogP contribution in [0.5, 0.6) is 0 Å². The van der Waals surface area contributed by atoms with E-state index >= 15 is 0 Å². The summed E-state index contributed by atoms with van der Waals surface area (Å²) in [5.74, 6) is -0.0597. The van der Waals surface area contributed by atoms with Crippen LogP contribution in [-0.2, 0) is 30.4 Å². The van der Waals surface area contributed by atoms with Crippen LogP contribution in [0.3, 0.4) is 0 Å². The third-order valence-corrected chi connectivity index (χ3v) is 6.99. The van der Waals surface area contributed by atoms with E-state index in [1.807, 2.05) is 12.1 Å². The highest BCUT2D eigenvalue weighted by atomic mass is 32.1. The normalized spacial score (nSPS) is 18.4. The minimum Gasteiger partial charge on any atom is -0.324 e. The molecule has 0 saturated heterocycles. The quantitative estimate of drug-likeness (QED) is 0.362. The zero-order chi connectivity index (χ0) is 24.6. The fourth-order valence-corrected chi connectivity index (χ4v) is 5.04. The number of aryl methyl sites for hydroxylation is 2. The highest BCUT2D eigenvalue weighted by molar-refractivity contribution is 7.80. The van der Waals surface area contributed by atoms with E-state index in [1.54, 1.807) is 17.0 Å². The molecule has 34 heavy (non-hydrogen) atoms. The summed E-state index contributed by atoms with van der Waals surface area (Å²) in [7, 11) is 0. The Hall–Kier alpha value is -2.80. The van der Waals surface area contributed by atoms with Crippen LogP contribution in [0.4, 0.5) is 13.2 Å². The summed E-state index contributed by atoms with van der Waals surface area (Å²) in [4.78, 5) is 27.7. The molecule has 4 rings (SSSR count). The highest BCUT2D eigenvalue weighted by Crippen LogP contribution is 2.33. The summed E-state index contributed by atoms with van der Waals surface area (Å²) in [6.45, 7) is 5.76. The van der Waals surface area contributed by atoms with Crippen LogP contribution in [-0.4, -0.2) is 27.5 Å². The van der Waals surface area contributed by atoms with Gasteiger partial charge < -0.3 is 4.90 Å². The zero-order valence-electron chi connectivity index (χ0n) is 19.0. The lowest BCUT2D eigenvalue weighted by Gasteiger charge is -2.30. The zero-order valence-corrected chi connectivity index (χ0v) is 19.8. The predicted octanol–water partition coefficient (Wildman–Crippen LogP) is 6.19. The molecule has 3 nitrogen and oxygen atoms in total. The number of ketones is 1. The maximum absolute atomic E-state index is 13.2. The number of hydrogen-bond acceptors (Lipinski definition) is 3. The van der Waals surface area contributed by atoms with E-state index in [2.05, 4.69) is 6.58 Å². The van der Waals surface area contributed by atoms with E-state index in [0.29, 0.717) is 54.6 Å². The molecule has 0 spiro atoms. The SMILES string of the molecule is C=C1CCC(N2Cc3cc(CCC(=S)Cc4ccc(C)c(C(F)(F)F)c4)ccc3C2=O)C(=O)C1. The first-order chi connectivity index (χ1) is 16.0. The summed E-state index contributed by atoms with van der Waals surface area (Å²) in [5.41, 5.74) is 3.59. The van der Waals surface area contributed by atoms with Gasteiger partial charge in [0.2, 0.25) is 0 Å². The Labute approximate surface area is 202 Å². The van der Waals surface area contributed by atoms with Crippen LogP contribution in [0, 0.1) is 6.92 Å². The van der Waals surface area contributed by atoms with Gasteiger partial charge in [0.15, 0.2) is 5.78 Å². The molecule has 2 aromatic carbocycles. The molecule has 0 radical (unpaired) electrons. The lowest BCUT2D eigenvalue weighted by molar-refractivity contribution is -0.138. The predicted molar refractivity (Wildman–Crippen MR) is 129 cm³/mol. The number of fused-ring (bicyclic) bond motifs is 1. The number of amides is 1. The van der Waals surface area contributed by atoms with Crippen molar-refractivity contribution >= 4 is 28.8 Å². The molecule has 1 saturated carbocycles. The van der Waals surface area contributed by atoms with Gasteiger partial charge in [-0.3, -0.25) is 9.59 Å². The van der Waals surface area contributed by atoms with Gasteiger partial charge in [-0.05, 0) is 71.9 Å². The van der Waals surface area contributed by atoms with Gasteiger partial charge in [0.25, 0.3) is 5.91 Å². The van der Waals surface area contributed by atoms with Crippen LogP contribution in [0.15, 0.2) is 48.6 Å². The fourth-order valence-electron chi connectivity index (χ4n) is 4.77. The molecule has 0 aromatic heterocycles. The topological polar surface area (TPSA) is 37.4 Å².